The minimum Gasteiger partial charge on any atom is -0.379 e. The Morgan fingerprint density at radius 3 is 2.42 bits per heavy atom. The summed E-state index contributed by atoms with van der Waals surface area (Å²) < 4.78 is 5.62. The molecule has 0 unspecified atom stereocenters. The third-order valence-corrected chi connectivity index (χ3v) is 6.36. The lowest BCUT2D eigenvalue weighted by Crippen LogP contribution is -2.43. The Kier molecular flexibility index (Phi) is 7.55. The second-order valence-electron chi connectivity index (χ2n) is 9.22. The molecule has 0 aliphatic carbocycles. The summed E-state index contributed by atoms with van der Waals surface area (Å²) in [5, 5.41) is 0. The summed E-state index contributed by atoms with van der Waals surface area (Å²) in [6, 6.07) is 6.33. The lowest BCUT2D eigenvalue weighted by Gasteiger charge is -2.36. The summed E-state index contributed by atoms with van der Waals surface area (Å²) in [6.07, 6.45) is 2.75. The van der Waals surface area contributed by atoms with Gasteiger partial charge in [-0.3, -0.25) is 14.5 Å². The summed E-state index contributed by atoms with van der Waals surface area (Å²) in [7, 11) is 4.10. The third kappa shape index (κ3) is 5.18. The zero-order chi connectivity index (χ0) is 22.7. The number of hydrogen-bond donors (Lipinski definition) is 0. The van der Waals surface area contributed by atoms with Crippen LogP contribution in [0.2, 0.25) is 0 Å². The molecule has 6 nitrogen and oxygen atoms in total. The van der Waals surface area contributed by atoms with Gasteiger partial charge in [0.25, 0.3) is 11.8 Å². The standard InChI is InChI=1S/C25H37N3O3/c1-17(2)31-15-7-12-28-24(29)22(21-9-8-18(3)16-19(21)4)23(25(28)30)27(6)20-10-13-26(5)14-11-20/h8-9,16-17,20H,7,10-15H2,1-6H3. The van der Waals surface area contributed by atoms with Gasteiger partial charge < -0.3 is 14.5 Å². The van der Waals surface area contributed by atoms with E-state index in [1.54, 1.807) is 0 Å². The molecule has 1 saturated heterocycles. The molecule has 0 atom stereocenters. The van der Waals surface area contributed by atoms with Crippen LogP contribution in [-0.2, 0) is 14.3 Å². The van der Waals surface area contributed by atoms with Crippen molar-refractivity contribution >= 4 is 17.4 Å². The minimum atomic E-state index is -0.184. The third-order valence-electron chi connectivity index (χ3n) is 6.36. The molecule has 31 heavy (non-hydrogen) atoms. The zero-order valence-electron chi connectivity index (χ0n) is 19.9. The van der Waals surface area contributed by atoms with Gasteiger partial charge in [-0.1, -0.05) is 23.8 Å². The van der Waals surface area contributed by atoms with Gasteiger partial charge in [0, 0.05) is 26.2 Å². The molecule has 170 valence electrons. The van der Waals surface area contributed by atoms with E-state index >= 15 is 0 Å². The second kappa shape index (κ2) is 9.96. The first kappa shape index (κ1) is 23.5. The number of hydrogen-bond acceptors (Lipinski definition) is 5. The fourth-order valence-corrected chi connectivity index (χ4v) is 4.54. The van der Waals surface area contributed by atoms with E-state index < -0.39 is 0 Å². The highest BCUT2D eigenvalue weighted by Gasteiger charge is 2.42. The van der Waals surface area contributed by atoms with E-state index in [2.05, 4.69) is 22.9 Å². The maximum atomic E-state index is 13.5. The van der Waals surface area contributed by atoms with Crippen molar-refractivity contribution in [2.75, 3.05) is 40.3 Å². The van der Waals surface area contributed by atoms with Gasteiger partial charge in [0.2, 0.25) is 0 Å². The van der Waals surface area contributed by atoms with Crippen molar-refractivity contribution in [3.63, 3.8) is 0 Å². The van der Waals surface area contributed by atoms with Crippen LogP contribution in [0.15, 0.2) is 23.9 Å². The average molecular weight is 428 g/mol. The number of rotatable bonds is 8. The number of ether oxygens (including phenoxy) is 1. The number of imide groups is 1. The highest BCUT2D eigenvalue weighted by molar-refractivity contribution is 6.35. The Bertz CT molecular complexity index is 854. The molecule has 2 heterocycles. The van der Waals surface area contributed by atoms with E-state index in [1.165, 1.54) is 4.90 Å². The van der Waals surface area contributed by atoms with Gasteiger partial charge in [0.05, 0.1) is 11.7 Å². The topological polar surface area (TPSA) is 53.1 Å². The molecule has 1 aromatic rings. The van der Waals surface area contributed by atoms with Crippen LogP contribution < -0.4 is 0 Å². The average Bonchev–Trinajstić information content (AvgIpc) is 2.95. The maximum Gasteiger partial charge on any atom is 0.277 e. The first-order valence-electron chi connectivity index (χ1n) is 11.4. The molecule has 0 spiro atoms. The summed E-state index contributed by atoms with van der Waals surface area (Å²) in [5.74, 6) is -0.359. The number of amides is 2. The van der Waals surface area contributed by atoms with Crippen molar-refractivity contribution in [3.8, 4) is 0 Å². The number of likely N-dealkylation sites (tertiary alicyclic amines) is 1. The van der Waals surface area contributed by atoms with E-state index in [0.29, 0.717) is 30.8 Å². The molecular formula is C25H37N3O3. The van der Waals surface area contributed by atoms with E-state index in [4.69, 9.17) is 4.74 Å². The number of carbonyl (C=O) groups excluding carboxylic acids is 2. The van der Waals surface area contributed by atoms with Crippen molar-refractivity contribution in [2.45, 2.75) is 59.1 Å². The number of likely N-dealkylation sites (N-methyl/N-ethyl adjacent to an activating group) is 1. The summed E-state index contributed by atoms with van der Waals surface area (Å²) in [4.78, 5) is 32.8. The quantitative estimate of drug-likeness (QED) is 0.471. The highest BCUT2D eigenvalue weighted by atomic mass is 16.5. The van der Waals surface area contributed by atoms with Crippen LogP contribution in [0.25, 0.3) is 5.57 Å². The molecule has 0 aromatic heterocycles. The number of carbonyl (C=O) groups is 2. The lowest BCUT2D eigenvalue weighted by molar-refractivity contribution is -0.137. The minimum absolute atomic E-state index is 0.139. The number of aryl methyl sites for hydroxylation is 2. The first-order chi connectivity index (χ1) is 14.7. The summed E-state index contributed by atoms with van der Waals surface area (Å²) in [5.41, 5.74) is 4.13. The zero-order valence-corrected chi connectivity index (χ0v) is 19.9. The molecule has 1 fully saturated rings. The number of benzene rings is 1. The molecular weight excluding hydrogens is 390 g/mol. The molecule has 0 saturated carbocycles. The fourth-order valence-electron chi connectivity index (χ4n) is 4.54. The van der Waals surface area contributed by atoms with Crippen LogP contribution in [0.4, 0.5) is 0 Å². The monoisotopic (exact) mass is 427 g/mol. The van der Waals surface area contributed by atoms with Crippen LogP contribution in [0, 0.1) is 13.8 Å². The van der Waals surface area contributed by atoms with Crippen LogP contribution in [0.3, 0.4) is 0 Å². The summed E-state index contributed by atoms with van der Waals surface area (Å²) >= 11 is 0. The molecule has 3 rings (SSSR count). The van der Waals surface area contributed by atoms with E-state index in [0.717, 1.165) is 42.6 Å². The second-order valence-corrected chi connectivity index (χ2v) is 9.22. The van der Waals surface area contributed by atoms with Gasteiger partial charge in [-0.2, -0.15) is 0 Å². The molecule has 0 bridgehead atoms. The Labute approximate surface area is 186 Å². The Hall–Kier alpha value is -2.18. The van der Waals surface area contributed by atoms with Crippen LogP contribution in [0.5, 0.6) is 0 Å². The molecule has 1 aromatic carbocycles. The molecule has 2 amide bonds. The van der Waals surface area contributed by atoms with Crippen LogP contribution in [0.1, 0.15) is 49.8 Å². The van der Waals surface area contributed by atoms with Crippen molar-refractivity contribution in [3.05, 3.63) is 40.6 Å². The predicted octanol–water partition coefficient (Wildman–Crippen LogP) is 3.22. The summed E-state index contributed by atoms with van der Waals surface area (Å²) in [6.45, 7) is 10.9. The smallest absolute Gasteiger partial charge is 0.277 e. The van der Waals surface area contributed by atoms with Crippen LogP contribution in [-0.4, -0.2) is 79.0 Å². The van der Waals surface area contributed by atoms with Gasteiger partial charge in [-0.05, 0) is 78.2 Å². The van der Waals surface area contributed by atoms with E-state index in [9.17, 15) is 9.59 Å². The van der Waals surface area contributed by atoms with Crippen molar-refractivity contribution < 1.29 is 14.3 Å². The Morgan fingerprint density at radius 1 is 1.13 bits per heavy atom. The molecule has 6 heteroatoms. The fraction of sp³-hybridized carbons (Fsp3) is 0.600. The molecule has 0 N–H and O–H groups in total. The SMILES string of the molecule is Cc1ccc(C2=C(N(C)C3CCN(C)CC3)C(=O)N(CCCOC(C)C)C2=O)c(C)c1. The predicted molar refractivity (Wildman–Crippen MR) is 124 cm³/mol. The maximum absolute atomic E-state index is 13.5. The largest absolute Gasteiger partial charge is 0.379 e. The molecule has 2 aliphatic heterocycles. The van der Waals surface area contributed by atoms with Gasteiger partial charge in [0.15, 0.2) is 0 Å². The van der Waals surface area contributed by atoms with E-state index in [1.807, 2.05) is 46.9 Å². The highest BCUT2D eigenvalue weighted by Crippen LogP contribution is 2.35. The van der Waals surface area contributed by atoms with Gasteiger partial charge in [-0.15, -0.1) is 0 Å². The van der Waals surface area contributed by atoms with Crippen molar-refractivity contribution in [2.24, 2.45) is 0 Å². The van der Waals surface area contributed by atoms with Crippen molar-refractivity contribution in [1.29, 1.82) is 0 Å². The van der Waals surface area contributed by atoms with Crippen molar-refractivity contribution in [1.82, 2.24) is 14.7 Å². The Balaban J connectivity index is 1.92. The Morgan fingerprint density at radius 2 is 1.81 bits per heavy atom. The van der Waals surface area contributed by atoms with Gasteiger partial charge >= 0.3 is 0 Å². The lowest BCUT2D eigenvalue weighted by atomic mass is 9.96. The number of nitrogens with zero attached hydrogens (tertiary/aromatic N) is 3. The molecule has 2 aliphatic rings. The normalized spacial score (nSPS) is 18.6. The molecule has 0 radical (unpaired) electrons. The first-order valence-corrected chi connectivity index (χ1v) is 11.4. The number of piperidine rings is 1. The van der Waals surface area contributed by atoms with E-state index in [-0.39, 0.29) is 24.0 Å². The van der Waals surface area contributed by atoms with Crippen LogP contribution >= 0.6 is 0 Å². The van der Waals surface area contributed by atoms with Gasteiger partial charge in [0.1, 0.15) is 5.70 Å². The van der Waals surface area contributed by atoms with Gasteiger partial charge in [-0.25, -0.2) is 0 Å².